The molecule has 0 saturated heterocycles. The molecule has 0 saturated carbocycles. The minimum absolute atomic E-state index is 0.784. The Morgan fingerprint density at radius 2 is 1.62 bits per heavy atom. The Balaban J connectivity index is 1.55. The molecule has 0 spiro atoms. The summed E-state index contributed by atoms with van der Waals surface area (Å²) in [6.45, 7) is 2.85. The molecule has 4 rings (SSSR count). The van der Waals surface area contributed by atoms with Gasteiger partial charge in [-0.15, -0.1) is 0 Å². The van der Waals surface area contributed by atoms with Crippen LogP contribution in [0.25, 0.3) is 0 Å². The predicted molar refractivity (Wildman–Crippen MR) is 112 cm³/mol. The molecule has 2 nitrogen and oxygen atoms in total. The molecule has 0 bridgehead atoms. The second-order valence-corrected chi connectivity index (χ2v) is 8.08. The van der Waals surface area contributed by atoms with Crippen LogP contribution in [0, 0.1) is 0 Å². The number of anilines is 2. The van der Waals surface area contributed by atoms with Gasteiger partial charge in [-0.05, 0) is 42.9 Å². The highest BCUT2D eigenvalue weighted by atomic mass is 35.5. The van der Waals surface area contributed by atoms with Crippen molar-refractivity contribution < 1.29 is 0 Å². The molecule has 0 unspecified atom stereocenters. The smallest absolute Gasteiger partial charge is 0.0568 e. The maximum atomic E-state index is 6.29. The van der Waals surface area contributed by atoms with Crippen LogP contribution < -0.4 is 4.90 Å². The van der Waals surface area contributed by atoms with Gasteiger partial charge in [-0.2, -0.15) is 0 Å². The Morgan fingerprint density at radius 1 is 0.885 bits per heavy atom. The minimum Gasteiger partial charge on any atom is -0.338 e. The van der Waals surface area contributed by atoms with Crippen LogP contribution in [0.2, 0.25) is 5.02 Å². The Kier molecular flexibility index (Phi) is 5.21. The van der Waals surface area contributed by atoms with Crippen molar-refractivity contribution in [3.63, 3.8) is 0 Å². The Bertz CT molecular complexity index is 898. The number of para-hydroxylation sites is 1. The SMILES string of the molecule is CN(CCN1c2ccccc2Sc2ccc(Cl)cc21)Cc1ccccc1. The zero-order valence-electron chi connectivity index (χ0n) is 14.7. The molecule has 3 aromatic carbocycles. The highest BCUT2D eigenvalue weighted by Gasteiger charge is 2.23. The van der Waals surface area contributed by atoms with Gasteiger partial charge in [-0.3, -0.25) is 0 Å². The van der Waals surface area contributed by atoms with E-state index in [1.54, 1.807) is 0 Å². The lowest BCUT2D eigenvalue weighted by Gasteiger charge is -2.34. The molecule has 4 heteroatoms. The fourth-order valence-electron chi connectivity index (χ4n) is 3.29. The van der Waals surface area contributed by atoms with Gasteiger partial charge in [-0.25, -0.2) is 0 Å². The highest BCUT2D eigenvalue weighted by molar-refractivity contribution is 7.99. The fourth-order valence-corrected chi connectivity index (χ4v) is 4.53. The van der Waals surface area contributed by atoms with Crippen molar-refractivity contribution in [2.75, 3.05) is 25.0 Å². The number of halogens is 1. The second-order valence-electron chi connectivity index (χ2n) is 6.56. The number of fused-ring (bicyclic) bond motifs is 2. The Morgan fingerprint density at radius 3 is 2.46 bits per heavy atom. The number of hydrogen-bond acceptors (Lipinski definition) is 3. The summed E-state index contributed by atoms with van der Waals surface area (Å²) in [6.07, 6.45) is 0. The number of rotatable bonds is 5. The molecule has 0 amide bonds. The molecule has 3 aromatic rings. The molecule has 0 radical (unpaired) electrons. The van der Waals surface area contributed by atoms with Crippen molar-refractivity contribution in [1.82, 2.24) is 4.90 Å². The molecule has 26 heavy (non-hydrogen) atoms. The topological polar surface area (TPSA) is 6.48 Å². The summed E-state index contributed by atoms with van der Waals surface area (Å²) < 4.78 is 0. The van der Waals surface area contributed by atoms with Crippen LogP contribution in [0.3, 0.4) is 0 Å². The van der Waals surface area contributed by atoms with E-state index in [0.717, 1.165) is 24.7 Å². The van der Waals surface area contributed by atoms with Crippen LogP contribution in [-0.4, -0.2) is 25.0 Å². The van der Waals surface area contributed by atoms with E-state index >= 15 is 0 Å². The highest BCUT2D eigenvalue weighted by Crippen LogP contribution is 2.48. The zero-order chi connectivity index (χ0) is 17.9. The number of benzene rings is 3. The normalized spacial score (nSPS) is 12.8. The van der Waals surface area contributed by atoms with Crippen LogP contribution in [0.4, 0.5) is 11.4 Å². The molecule has 0 aromatic heterocycles. The van der Waals surface area contributed by atoms with E-state index < -0.39 is 0 Å². The average Bonchev–Trinajstić information content (AvgIpc) is 2.66. The van der Waals surface area contributed by atoms with Crippen molar-refractivity contribution in [3.8, 4) is 0 Å². The van der Waals surface area contributed by atoms with Crippen molar-refractivity contribution in [2.24, 2.45) is 0 Å². The minimum atomic E-state index is 0.784. The third-order valence-electron chi connectivity index (χ3n) is 4.59. The van der Waals surface area contributed by atoms with E-state index in [4.69, 9.17) is 11.6 Å². The number of likely N-dealkylation sites (N-methyl/N-ethyl adjacent to an activating group) is 1. The molecule has 1 heterocycles. The summed E-state index contributed by atoms with van der Waals surface area (Å²) in [7, 11) is 2.18. The molecular formula is C22H21ClN2S. The van der Waals surface area contributed by atoms with Crippen molar-refractivity contribution in [2.45, 2.75) is 16.3 Å². The summed E-state index contributed by atoms with van der Waals surface area (Å²) in [5.74, 6) is 0. The van der Waals surface area contributed by atoms with Gasteiger partial charge in [0.15, 0.2) is 0 Å². The number of hydrogen-bond donors (Lipinski definition) is 0. The largest absolute Gasteiger partial charge is 0.338 e. The summed E-state index contributed by atoms with van der Waals surface area (Å²) in [4.78, 5) is 7.32. The zero-order valence-corrected chi connectivity index (χ0v) is 16.3. The maximum absolute atomic E-state index is 6.29. The van der Waals surface area contributed by atoms with Crippen LogP contribution in [0.5, 0.6) is 0 Å². The quantitative estimate of drug-likeness (QED) is 0.530. The lowest BCUT2D eigenvalue weighted by molar-refractivity contribution is 0.335. The second kappa shape index (κ2) is 7.75. The van der Waals surface area contributed by atoms with Gasteiger partial charge in [0.05, 0.1) is 11.4 Å². The van der Waals surface area contributed by atoms with Crippen molar-refractivity contribution in [3.05, 3.63) is 83.4 Å². The van der Waals surface area contributed by atoms with Gasteiger partial charge < -0.3 is 9.80 Å². The van der Waals surface area contributed by atoms with Gasteiger partial charge in [0.1, 0.15) is 0 Å². The maximum Gasteiger partial charge on any atom is 0.0568 e. The van der Waals surface area contributed by atoms with E-state index in [2.05, 4.69) is 83.6 Å². The summed E-state index contributed by atoms with van der Waals surface area (Å²) >= 11 is 8.11. The first-order valence-corrected chi connectivity index (χ1v) is 9.96. The van der Waals surface area contributed by atoms with E-state index in [1.165, 1.54) is 26.7 Å². The third kappa shape index (κ3) is 3.75. The van der Waals surface area contributed by atoms with Gasteiger partial charge in [0.2, 0.25) is 0 Å². The number of nitrogens with zero attached hydrogens (tertiary/aromatic N) is 2. The molecule has 0 N–H and O–H groups in total. The molecule has 132 valence electrons. The lowest BCUT2D eigenvalue weighted by atomic mass is 10.2. The molecule has 0 atom stereocenters. The van der Waals surface area contributed by atoms with Crippen molar-refractivity contribution >= 4 is 34.7 Å². The monoisotopic (exact) mass is 380 g/mol. The molecule has 1 aliphatic heterocycles. The van der Waals surface area contributed by atoms with Gasteiger partial charge in [0.25, 0.3) is 0 Å². The predicted octanol–water partition coefficient (Wildman–Crippen LogP) is 6.07. The molecule has 0 aliphatic carbocycles. The van der Waals surface area contributed by atoms with Gasteiger partial charge in [-0.1, -0.05) is 65.8 Å². The third-order valence-corrected chi connectivity index (χ3v) is 5.95. The van der Waals surface area contributed by atoms with Crippen LogP contribution in [0.15, 0.2) is 82.6 Å². The molecular weight excluding hydrogens is 360 g/mol. The van der Waals surface area contributed by atoms with E-state index in [9.17, 15) is 0 Å². The first-order valence-electron chi connectivity index (χ1n) is 8.77. The van der Waals surface area contributed by atoms with Gasteiger partial charge >= 0.3 is 0 Å². The van der Waals surface area contributed by atoms with Crippen LogP contribution in [0.1, 0.15) is 5.56 Å². The van der Waals surface area contributed by atoms with E-state index in [-0.39, 0.29) is 0 Å². The van der Waals surface area contributed by atoms with Crippen LogP contribution in [-0.2, 0) is 6.54 Å². The fraction of sp³-hybridized carbons (Fsp3) is 0.182. The van der Waals surface area contributed by atoms with E-state index in [0.29, 0.717) is 0 Å². The summed E-state index contributed by atoms with van der Waals surface area (Å²) in [5, 5.41) is 0.784. The van der Waals surface area contributed by atoms with Crippen LogP contribution >= 0.6 is 23.4 Å². The van der Waals surface area contributed by atoms with Gasteiger partial charge in [0, 0.05) is 34.4 Å². The summed E-state index contributed by atoms with van der Waals surface area (Å²) in [5.41, 5.74) is 3.81. The Hall–Kier alpha value is -1.94. The first-order chi connectivity index (χ1) is 12.7. The molecule has 0 fully saturated rings. The standard InChI is InChI=1S/C22H21ClN2S/c1-24(16-17-7-3-2-4-8-17)13-14-25-19-9-5-6-10-21(19)26-22-12-11-18(23)15-20(22)25/h2-12,15H,13-14,16H2,1H3. The average molecular weight is 381 g/mol. The Labute approximate surface area is 164 Å². The summed E-state index contributed by atoms with van der Waals surface area (Å²) in [6, 6.07) is 25.4. The first kappa shape index (κ1) is 17.5. The van der Waals surface area contributed by atoms with E-state index in [1.807, 2.05) is 17.8 Å². The lowest BCUT2D eigenvalue weighted by Crippen LogP contribution is -2.31. The van der Waals surface area contributed by atoms with Crippen molar-refractivity contribution in [1.29, 1.82) is 0 Å². The molecule has 1 aliphatic rings.